The van der Waals surface area contributed by atoms with Crippen molar-refractivity contribution in [2.75, 3.05) is 6.54 Å². The Morgan fingerprint density at radius 2 is 1.71 bits per heavy atom. The Morgan fingerprint density at radius 3 is 2.61 bits per heavy atom. The highest BCUT2D eigenvalue weighted by Gasteiger charge is 2.06. The summed E-state index contributed by atoms with van der Waals surface area (Å²) in [6.07, 6.45) is 4.10. The van der Waals surface area contributed by atoms with E-state index in [1.54, 1.807) is 12.3 Å². The van der Waals surface area contributed by atoms with E-state index in [0.717, 1.165) is 16.4 Å². The van der Waals surface area contributed by atoms with Gasteiger partial charge in [0.2, 0.25) is 5.91 Å². The lowest BCUT2D eigenvalue weighted by atomic mass is 10.2. The van der Waals surface area contributed by atoms with Crippen LogP contribution in [0.5, 0.6) is 0 Å². The third kappa shape index (κ3) is 3.80. The molecule has 0 saturated heterocycles. The van der Waals surface area contributed by atoms with Crippen molar-refractivity contribution in [3.8, 4) is 0 Å². The van der Waals surface area contributed by atoms with Crippen LogP contribution in [0.4, 0.5) is 0 Å². The molecule has 0 aliphatic rings. The number of aryl methyl sites for hydroxylation is 1. The average molecular weight is 394 g/mol. The summed E-state index contributed by atoms with van der Waals surface area (Å²) in [7, 11) is 0. The number of hydrogen-bond acceptors (Lipinski definition) is 2. The highest BCUT2D eigenvalue weighted by molar-refractivity contribution is 6.31. The van der Waals surface area contributed by atoms with Gasteiger partial charge < -0.3 is 14.5 Å². The minimum absolute atomic E-state index is 0.00430. The molecule has 1 N–H and O–H groups in total. The second-order valence-electron chi connectivity index (χ2n) is 6.70. The van der Waals surface area contributed by atoms with Crippen LogP contribution in [-0.4, -0.2) is 21.6 Å². The first-order valence-corrected chi connectivity index (χ1v) is 9.59. The first kappa shape index (κ1) is 18.3. The van der Waals surface area contributed by atoms with Gasteiger partial charge in [0, 0.05) is 60.4 Å². The molecule has 2 heterocycles. The fraction of sp³-hybridized carbons (Fsp3) is 0.182. The number of carbonyl (C=O) groups is 1. The minimum Gasteiger partial charge on any atom is -0.354 e. The summed E-state index contributed by atoms with van der Waals surface area (Å²) in [6, 6.07) is 16.8. The second kappa shape index (κ2) is 7.90. The molecule has 0 unspecified atom stereocenters. The minimum atomic E-state index is -0.0164. The fourth-order valence-corrected chi connectivity index (χ4v) is 3.60. The number of nitrogens with zero attached hydrogens (tertiary/aromatic N) is 2. The molecular weight excluding hydrogens is 374 g/mol. The summed E-state index contributed by atoms with van der Waals surface area (Å²) < 4.78 is 4.02. The Morgan fingerprint density at radius 1 is 0.929 bits per heavy atom. The highest BCUT2D eigenvalue weighted by atomic mass is 35.5. The third-order valence-electron chi connectivity index (χ3n) is 4.88. The Kier molecular flexibility index (Phi) is 5.17. The number of halogens is 1. The smallest absolute Gasteiger partial charge is 0.221 e. The van der Waals surface area contributed by atoms with Gasteiger partial charge in [-0.1, -0.05) is 29.8 Å². The molecule has 0 aliphatic heterocycles. The van der Waals surface area contributed by atoms with Gasteiger partial charge in [0.05, 0.1) is 5.52 Å². The van der Waals surface area contributed by atoms with Gasteiger partial charge in [0.25, 0.3) is 0 Å². The Bertz CT molecular complexity index is 1210. The van der Waals surface area contributed by atoms with Crippen LogP contribution >= 0.6 is 11.6 Å². The third-order valence-corrected chi connectivity index (χ3v) is 5.11. The number of benzene rings is 2. The Hall–Kier alpha value is -3.05. The molecule has 0 aliphatic carbocycles. The van der Waals surface area contributed by atoms with Gasteiger partial charge in [0.15, 0.2) is 5.43 Å². The molecule has 4 rings (SSSR count). The van der Waals surface area contributed by atoms with Gasteiger partial charge in [-0.25, -0.2) is 0 Å². The lowest BCUT2D eigenvalue weighted by Gasteiger charge is -2.11. The number of hydrogen-bond donors (Lipinski definition) is 1. The summed E-state index contributed by atoms with van der Waals surface area (Å²) in [5.74, 6) is -0.0164. The average Bonchev–Trinajstić information content (AvgIpc) is 3.10. The number of aromatic nitrogens is 2. The number of fused-ring (bicyclic) bond motifs is 2. The van der Waals surface area contributed by atoms with E-state index in [-0.39, 0.29) is 11.3 Å². The molecule has 0 atom stereocenters. The van der Waals surface area contributed by atoms with Gasteiger partial charge in [-0.05, 0) is 35.7 Å². The normalized spacial score (nSPS) is 11.2. The van der Waals surface area contributed by atoms with E-state index in [1.165, 1.54) is 0 Å². The molecule has 28 heavy (non-hydrogen) atoms. The van der Waals surface area contributed by atoms with Crippen molar-refractivity contribution >= 4 is 39.3 Å². The van der Waals surface area contributed by atoms with Crippen LogP contribution in [0.2, 0.25) is 5.02 Å². The monoisotopic (exact) mass is 393 g/mol. The molecule has 0 radical (unpaired) electrons. The van der Waals surface area contributed by atoms with Crippen LogP contribution in [0.25, 0.3) is 21.8 Å². The fourth-order valence-electron chi connectivity index (χ4n) is 3.43. The molecule has 5 nitrogen and oxygen atoms in total. The molecule has 0 saturated carbocycles. The van der Waals surface area contributed by atoms with Crippen molar-refractivity contribution in [3.05, 3.63) is 82.2 Å². The topological polar surface area (TPSA) is 56.0 Å². The maximum atomic E-state index is 12.2. The molecule has 4 aromatic rings. The quantitative estimate of drug-likeness (QED) is 0.541. The summed E-state index contributed by atoms with van der Waals surface area (Å²) >= 11 is 6.08. The van der Waals surface area contributed by atoms with Gasteiger partial charge in [-0.3, -0.25) is 9.59 Å². The number of carbonyl (C=O) groups excluding carboxylic acids is 1. The zero-order valence-electron chi connectivity index (χ0n) is 15.3. The maximum absolute atomic E-state index is 12.2. The number of amides is 1. The number of nitrogens with one attached hydrogen (secondary N) is 1. The first-order chi connectivity index (χ1) is 13.6. The predicted octanol–water partition coefficient (Wildman–Crippen LogP) is 3.82. The Balaban J connectivity index is 1.35. The van der Waals surface area contributed by atoms with E-state index in [2.05, 4.69) is 9.88 Å². The molecule has 2 aromatic heterocycles. The molecular formula is C22H20ClN3O2. The lowest BCUT2D eigenvalue weighted by Crippen LogP contribution is -2.28. The van der Waals surface area contributed by atoms with E-state index in [4.69, 9.17) is 11.6 Å². The van der Waals surface area contributed by atoms with Gasteiger partial charge in [0.1, 0.15) is 0 Å². The Labute approximate surface area is 167 Å². The van der Waals surface area contributed by atoms with E-state index in [9.17, 15) is 9.59 Å². The summed E-state index contributed by atoms with van der Waals surface area (Å²) in [5.41, 5.74) is 1.90. The zero-order valence-corrected chi connectivity index (χ0v) is 16.0. The van der Waals surface area contributed by atoms with Gasteiger partial charge in [-0.15, -0.1) is 0 Å². The molecule has 0 bridgehead atoms. The molecule has 6 heteroatoms. The van der Waals surface area contributed by atoms with E-state index >= 15 is 0 Å². The van der Waals surface area contributed by atoms with Crippen LogP contribution < -0.4 is 10.7 Å². The van der Waals surface area contributed by atoms with Crippen molar-refractivity contribution < 1.29 is 4.79 Å². The lowest BCUT2D eigenvalue weighted by molar-refractivity contribution is -0.121. The second-order valence-corrected chi connectivity index (χ2v) is 7.14. The molecule has 0 spiro atoms. The molecule has 2 aromatic carbocycles. The van der Waals surface area contributed by atoms with Gasteiger partial charge in [-0.2, -0.15) is 0 Å². The van der Waals surface area contributed by atoms with E-state index in [1.807, 2.05) is 59.3 Å². The van der Waals surface area contributed by atoms with Crippen LogP contribution in [0.1, 0.15) is 6.42 Å². The molecule has 142 valence electrons. The number of rotatable bonds is 6. The largest absolute Gasteiger partial charge is 0.354 e. The van der Waals surface area contributed by atoms with Crippen molar-refractivity contribution in [1.29, 1.82) is 0 Å². The standard InChI is InChI=1S/C22H20ClN3O2/c23-17-6-5-16-7-11-26(20(16)15-17)14-10-24-22(28)9-13-25-12-8-21(27)18-3-1-2-4-19(18)25/h1-8,11-12,15H,9-10,13-14H2,(H,24,28). The number of para-hydroxylation sites is 1. The van der Waals surface area contributed by atoms with Crippen molar-refractivity contribution in [1.82, 2.24) is 14.5 Å². The summed E-state index contributed by atoms with van der Waals surface area (Å²) in [6.45, 7) is 1.74. The maximum Gasteiger partial charge on any atom is 0.221 e. The van der Waals surface area contributed by atoms with Crippen molar-refractivity contribution in [3.63, 3.8) is 0 Å². The van der Waals surface area contributed by atoms with Crippen molar-refractivity contribution in [2.45, 2.75) is 19.5 Å². The zero-order chi connectivity index (χ0) is 19.5. The van der Waals surface area contributed by atoms with Crippen LogP contribution in [0.15, 0.2) is 71.8 Å². The predicted molar refractivity (Wildman–Crippen MR) is 113 cm³/mol. The summed E-state index contributed by atoms with van der Waals surface area (Å²) in [5, 5.41) is 5.46. The first-order valence-electron chi connectivity index (χ1n) is 9.21. The SMILES string of the molecule is O=C(CCn1ccc(=O)c2ccccc21)NCCn1ccc2ccc(Cl)cc21. The van der Waals surface area contributed by atoms with E-state index < -0.39 is 0 Å². The van der Waals surface area contributed by atoms with Crippen LogP contribution in [0.3, 0.4) is 0 Å². The van der Waals surface area contributed by atoms with Crippen LogP contribution in [0, 0.1) is 0 Å². The molecule has 0 fully saturated rings. The molecule has 1 amide bonds. The van der Waals surface area contributed by atoms with Gasteiger partial charge >= 0.3 is 0 Å². The van der Waals surface area contributed by atoms with Crippen molar-refractivity contribution in [2.24, 2.45) is 0 Å². The van der Waals surface area contributed by atoms with E-state index in [0.29, 0.717) is 36.5 Å². The summed E-state index contributed by atoms with van der Waals surface area (Å²) in [4.78, 5) is 24.2. The van der Waals surface area contributed by atoms with Crippen LogP contribution in [-0.2, 0) is 17.9 Å². The number of pyridine rings is 1. The highest BCUT2D eigenvalue weighted by Crippen LogP contribution is 2.20.